The van der Waals surface area contributed by atoms with E-state index in [2.05, 4.69) is 10.6 Å². The zero-order chi connectivity index (χ0) is 14.4. The number of carbonyl (C=O) groups excluding carboxylic acids is 1. The Morgan fingerprint density at radius 3 is 2.68 bits per heavy atom. The third-order valence-electron chi connectivity index (χ3n) is 2.15. The van der Waals surface area contributed by atoms with Crippen LogP contribution in [0.15, 0.2) is 18.2 Å². The molecule has 6 nitrogen and oxygen atoms in total. The Balaban J connectivity index is 2.72. The highest BCUT2D eigenvalue weighted by Crippen LogP contribution is 2.24. The number of halogens is 1. The average Bonchev–Trinajstić information content (AvgIpc) is 2.27. The molecule has 1 unspecified atom stereocenters. The predicted molar refractivity (Wildman–Crippen MR) is 74.4 cm³/mol. The van der Waals surface area contributed by atoms with Gasteiger partial charge >= 0.3 is 12.0 Å². The van der Waals surface area contributed by atoms with Crippen LogP contribution in [0.5, 0.6) is 0 Å². The second-order valence-electron chi connectivity index (χ2n) is 3.63. The van der Waals surface area contributed by atoms with Gasteiger partial charge in [0.25, 0.3) is 0 Å². The van der Waals surface area contributed by atoms with Gasteiger partial charge in [0.15, 0.2) is 0 Å². The molecule has 0 bridgehead atoms. The van der Waals surface area contributed by atoms with Gasteiger partial charge in [-0.05, 0) is 12.1 Å². The molecule has 0 spiro atoms. The lowest BCUT2D eigenvalue weighted by Gasteiger charge is -2.10. The first-order valence-corrected chi connectivity index (χ1v) is 7.39. The number of carboxylic acids is 1. The molecule has 0 heterocycles. The first-order valence-electron chi connectivity index (χ1n) is 5.28. The van der Waals surface area contributed by atoms with Gasteiger partial charge in [-0.1, -0.05) is 17.7 Å². The average molecular weight is 305 g/mol. The van der Waals surface area contributed by atoms with Gasteiger partial charge in [-0.15, -0.1) is 0 Å². The van der Waals surface area contributed by atoms with Crippen molar-refractivity contribution in [3.8, 4) is 0 Å². The Morgan fingerprint density at radius 2 is 2.11 bits per heavy atom. The van der Waals surface area contributed by atoms with Crippen LogP contribution in [-0.4, -0.2) is 39.9 Å². The lowest BCUT2D eigenvalue weighted by molar-refractivity contribution is 0.0698. The standard InChI is InChI=1S/C11H13ClN2O4S/c1-19(18)6-5-13-11(17)14-8-4-2-3-7(12)9(8)10(15)16/h2-4H,5-6H2,1H3,(H,15,16)(H2,13,14,17). The van der Waals surface area contributed by atoms with Crippen LogP contribution in [0.3, 0.4) is 0 Å². The van der Waals surface area contributed by atoms with E-state index in [-0.39, 0.29) is 22.8 Å². The molecule has 8 heteroatoms. The van der Waals surface area contributed by atoms with Crippen LogP contribution in [0.2, 0.25) is 5.02 Å². The molecule has 1 atom stereocenters. The van der Waals surface area contributed by atoms with Crippen LogP contribution < -0.4 is 10.6 Å². The van der Waals surface area contributed by atoms with E-state index in [0.717, 1.165) is 0 Å². The summed E-state index contributed by atoms with van der Waals surface area (Å²) in [5, 5.41) is 13.9. The number of benzene rings is 1. The van der Waals surface area contributed by atoms with Gasteiger partial charge in [-0.25, -0.2) is 9.59 Å². The molecule has 1 rings (SSSR count). The molecule has 0 saturated carbocycles. The largest absolute Gasteiger partial charge is 0.478 e. The Bertz CT molecular complexity index is 521. The van der Waals surface area contributed by atoms with Gasteiger partial charge in [0.1, 0.15) is 5.56 Å². The van der Waals surface area contributed by atoms with E-state index < -0.39 is 22.8 Å². The lowest BCUT2D eigenvalue weighted by atomic mass is 10.2. The van der Waals surface area contributed by atoms with Gasteiger partial charge in [-0.3, -0.25) is 4.21 Å². The number of anilines is 1. The minimum Gasteiger partial charge on any atom is -0.478 e. The van der Waals surface area contributed by atoms with Crippen molar-refractivity contribution in [1.29, 1.82) is 0 Å². The second kappa shape index (κ2) is 7.10. The summed E-state index contributed by atoms with van der Waals surface area (Å²) in [7, 11) is -1.00. The lowest BCUT2D eigenvalue weighted by Crippen LogP contribution is -2.32. The molecular formula is C11H13ClN2O4S. The Morgan fingerprint density at radius 1 is 1.42 bits per heavy atom. The number of carboxylic acid groups (broad SMARTS) is 1. The first kappa shape index (κ1) is 15.5. The fourth-order valence-corrected chi connectivity index (χ4v) is 1.97. The molecule has 0 aliphatic heterocycles. The topological polar surface area (TPSA) is 95.5 Å². The molecule has 0 aliphatic carbocycles. The van der Waals surface area contributed by atoms with Crippen molar-refractivity contribution < 1.29 is 18.9 Å². The van der Waals surface area contributed by atoms with Crippen molar-refractivity contribution >= 4 is 40.1 Å². The van der Waals surface area contributed by atoms with Crippen molar-refractivity contribution in [2.45, 2.75) is 0 Å². The van der Waals surface area contributed by atoms with Crippen molar-refractivity contribution in [2.75, 3.05) is 23.9 Å². The van der Waals surface area contributed by atoms with E-state index >= 15 is 0 Å². The molecule has 3 N–H and O–H groups in total. The third-order valence-corrected chi connectivity index (χ3v) is 3.24. The summed E-state index contributed by atoms with van der Waals surface area (Å²) < 4.78 is 10.8. The van der Waals surface area contributed by atoms with E-state index in [1.165, 1.54) is 24.5 Å². The molecule has 0 aromatic heterocycles. The monoisotopic (exact) mass is 304 g/mol. The number of rotatable bonds is 5. The number of amides is 2. The fourth-order valence-electron chi connectivity index (χ4n) is 1.32. The summed E-state index contributed by atoms with van der Waals surface area (Å²) in [6.07, 6.45) is 1.53. The van der Waals surface area contributed by atoms with Crippen LogP contribution in [0.1, 0.15) is 10.4 Å². The minimum atomic E-state index is -1.23. The van der Waals surface area contributed by atoms with Crippen LogP contribution in [0.4, 0.5) is 10.5 Å². The second-order valence-corrected chi connectivity index (χ2v) is 5.59. The SMILES string of the molecule is CS(=O)CCNC(=O)Nc1cccc(Cl)c1C(=O)O. The summed E-state index contributed by atoms with van der Waals surface area (Å²) >= 11 is 5.76. The van der Waals surface area contributed by atoms with Gasteiger partial charge in [0.05, 0.1) is 10.7 Å². The molecule has 0 saturated heterocycles. The fraction of sp³-hybridized carbons (Fsp3) is 0.273. The molecule has 0 fully saturated rings. The highest BCUT2D eigenvalue weighted by Gasteiger charge is 2.15. The number of urea groups is 1. The van der Waals surface area contributed by atoms with Crippen LogP contribution in [0, 0.1) is 0 Å². The summed E-state index contributed by atoms with van der Waals surface area (Å²) in [5.41, 5.74) is -0.0616. The summed E-state index contributed by atoms with van der Waals surface area (Å²) in [6, 6.07) is 3.82. The number of hydrogen-bond donors (Lipinski definition) is 3. The van der Waals surface area contributed by atoms with E-state index in [1.807, 2.05) is 0 Å². The van der Waals surface area contributed by atoms with Crippen molar-refractivity contribution in [1.82, 2.24) is 5.32 Å². The van der Waals surface area contributed by atoms with Gasteiger partial charge in [0.2, 0.25) is 0 Å². The molecule has 1 aromatic carbocycles. The maximum absolute atomic E-state index is 11.5. The summed E-state index contributed by atoms with van der Waals surface area (Å²) in [6.45, 7) is 0.234. The van der Waals surface area contributed by atoms with Gasteiger partial charge < -0.3 is 15.7 Å². The minimum absolute atomic E-state index is 0.0416. The number of aromatic carboxylic acids is 1. The number of nitrogens with one attached hydrogen (secondary N) is 2. The van der Waals surface area contributed by atoms with Crippen molar-refractivity contribution in [2.24, 2.45) is 0 Å². The van der Waals surface area contributed by atoms with Gasteiger partial charge in [0, 0.05) is 29.4 Å². The highest BCUT2D eigenvalue weighted by molar-refractivity contribution is 7.84. The molecule has 0 radical (unpaired) electrons. The van der Waals surface area contributed by atoms with E-state index in [1.54, 1.807) is 0 Å². The predicted octanol–water partition coefficient (Wildman–Crippen LogP) is 1.54. The molecule has 2 amide bonds. The summed E-state index contributed by atoms with van der Waals surface area (Å²) in [4.78, 5) is 22.6. The first-order chi connectivity index (χ1) is 8.91. The van der Waals surface area contributed by atoms with Gasteiger partial charge in [-0.2, -0.15) is 0 Å². The number of hydrogen-bond acceptors (Lipinski definition) is 3. The zero-order valence-electron chi connectivity index (χ0n) is 10.1. The zero-order valence-corrected chi connectivity index (χ0v) is 11.7. The van der Waals surface area contributed by atoms with E-state index in [9.17, 15) is 13.8 Å². The smallest absolute Gasteiger partial charge is 0.339 e. The van der Waals surface area contributed by atoms with E-state index in [4.69, 9.17) is 16.7 Å². The molecule has 0 aliphatic rings. The third kappa shape index (κ3) is 4.88. The number of carbonyl (C=O) groups is 2. The maximum Gasteiger partial charge on any atom is 0.339 e. The highest BCUT2D eigenvalue weighted by atomic mass is 35.5. The van der Waals surface area contributed by atoms with Crippen LogP contribution >= 0.6 is 11.6 Å². The quantitative estimate of drug-likeness (QED) is 0.769. The van der Waals surface area contributed by atoms with Crippen molar-refractivity contribution in [3.63, 3.8) is 0 Å². The molecular weight excluding hydrogens is 292 g/mol. The normalized spacial score (nSPS) is 11.7. The van der Waals surface area contributed by atoms with E-state index in [0.29, 0.717) is 5.75 Å². The van der Waals surface area contributed by atoms with Crippen LogP contribution in [0.25, 0.3) is 0 Å². The van der Waals surface area contributed by atoms with Crippen molar-refractivity contribution in [3.05, 3.63) is 28.8 Å². The Kier molecular flexibility index (Phi) is 5.78. The Labute approximate surface area is 117 Å². The Hall–Kier alpha value is -1.60. The van der Waals surface area contributed by atoms with Crippen LogP contribution in [-0.2, 0) is 10.8 Å². The molecule has 104 valence electrons. The molecule has 19 heavy (non-hydrogen) atoms. The maximum atomic E-state index is 11.5. The molecule has 1 aromatic rings. The summed E-state index contributed by atoms with van der Waals surface area (Å²) in [5.74, 6) is -0.898.